The standard InChI is InChI=1S/C8H9ClO2/c1-6(11-10)7-2-4-8(9)5-3-7/h2-6,10H,1H3/t6-/m1/s1. The molecule has 0 saturated carbocycles. The van der Waals surface area contributed by atoms with E-state index >= 15 is 0 Å². The summed E-state index contributed by atoms with van der Waals surface area (Å²) in [7, 11) is 0. The maximum absolute atomic E-state index is 8.32. The van der Waals surface area contributed by atoms with Crippen molar-refractivity contribution >= 4 is 11.6 Å². The predicted molar refractivity (Wildman–Crippen MR) is 43.6 cm³/mol. The van der Waals surface area contributed by atoms with Crippen molar-refractivity contribution in [3.8, 4) is 0 Å². The highest BCUT2D eigenvalue weighted by atomic mass is 35.5. The summed E-state index contributed by atoms with van der Waals surface area (Å²) in [6, 6.07) is 7.13. The van der Waals surface area contributed by atoms with E-state index in [1.807, 2.05) is 12.1 Å². The largest absolute Gasteiger partial charge is 0.251 e. The first kappa shape index (κ1) is 8.53. The Labute approximate surface area is 70.3 Å². The van der Waals surface area contributed by atoms with E-state index < -0.39 is 0 Å². The fraction of sp³-hybridized carbons (Fsp3) is 0.250. The fourth-order valence-electron chi connectivity index (χ4n) is 0.795. The van der Waals surface area contributed by atoms with Gasteiger partial charge < -0.3 is 0 Å². The summed E-state index contributed by atoms with van der Waals surface area (Å²) in [6.45, 7) is 1.75. The van der Waals surface area contributed by atoms with Crippen molar-refractivity contribution in [2.75, 3.05) is 0 Å². The van der Waals surface area contributed by atoms with Gasteiger partial charge in [0.2, 0.25) is 0 Å². The number of hydrogen-bond donors (Lipinski definition) is 1. The molecule has 0 aliphatic heterocycles. The van der Waals surface area contributed by atoms with Gasteiger partial charge in [0.25, 0.3) is 0 Å². The van der Waals surface area contributed by atoms with Crippen LogP contribution in [0.5, 0.6) is 0 Å². The Bertz CT molecular complexity index is 220. The highest BCUT2D eigenvalue weighted by molar-refractivity contribution is 6.30. The fourth-order valence-corrected chi connectivity index (χ4v) is 0.921. The van der Waals surface area contributed by atoms with Gasteiger partial charge in [-0.25, -0.2) is 4.89 Å². The van der Waals surface area contributed by atoms with Crippen LogP contribution in [0.3, 0.4) is 0 Å². The SMILES string of the molecule is C[C@@H](OO)c1ccc(Cl)cc1. The molecule has 0 aliphatic carbocycles. The van der Waals surface area contributed by atoms with E-state index in [1.54, 1.807) is 19.1 Å². The molecule has 0 radical (unpaired) electrons. The number of hydrogen-bond acceptors (Lipinski definition) is 2. The Morgan fingerprint density at radius 2 is 1.91 bits per heavy atom. The average molecular weight is 173 g/mol. The van der Waals surface area contributed by atoms with Gasteiger partial charge in [-0.2, -0.15) is 0 Å². The Morgan fingerprint density at radius 1 is 1.36 bits per heavy atom. The number of benzene rings is 1. The summed E-state index contributed by atoms with van der Waals surface area (Å²) in [5, 5.41) is 9.00. The first-order valence-corrected chi connectivity index (χ1v) is 3.67. The molecule has 0 saturated heterocycles. The summed E-state index contributed by atoms with van der Waals surface area (Å²) in [6.07, 6.45) is -0.299. The first-order valence-electron chi connectivity index (χ1n) is 3.29. The molecular weight excluding hydrogens is 164 g/mol. The quantitative estimate of drug-likeness (QED) is 0.549. The van der Waals surface area contributed by atoms with Gasteiger partial charge in [0.15, 0.2) is 0 Å². The predicted octanol–water partition coefficient (Wildman–Crippen LogP) is 2.89. The lowest BCUT2D eigenvalue weighted by atomic mass is 10.1. The summed E-state index contributed by atoms with van der Waals surface area (Å²) in [5.74, 6) is 0. The minimum Gasteiger partial charge on any atom is -0.251 e. The second-order valence-electron chi connectivity index (χ2n) is 2.30. The van der Waals surface area contributed by atoms with Gasteiger partial charge in [-0.05, 0) is 24.6 Å². The molecule has 1 N–H and O–H groups in total. The van der Waals surface area contributed by atoms with Crippen LogP contribution in [0, 0.1) is 0 Å². The molecule has 0 bridgehead atoms. The lowest BCUT2D eigenvalue weighted by Gasteiger charge is -2.06. The molecule has 3 heteroatoms. The third-order valence-corrected chi connectivity index (χ3v) is 1.75. The molecule has 1 aromatic carbocycles. The van der Waals surface area contributed by atoms with Crippen LogP contribution in [0.15, 0.2) is 24.3 Å². The van der Waals surface area contributed by atoms with Gasteiger partial charge in [-0.15, -0.1) is 0 Å². The maximum atomic E-state index is 8.32. The zero-order valence-electron chi connectivity index (χ0n) is 6.12. The van der Waals surface area contributed by atoms with E-state index in [4.69, 9.17) is 16.9 Å². The van der Waals surface area contributed by atoms with Crippen molar-refractivity contribution in [1.29, 1.82) is 0 Å². The lowest BCUT2D eigenvalue weighted by molar-refractivity contribution is -0.277. The van der Waals surface area contributed by atoms with Crippen molar-refractivity contribution in [3.63, 3.8) is 0 Å². The van der Waals surface area contributed by atoms with Gasteiger partial charge in [0, 0.05) is 5.02 Å². The highest BCUT2D eigenvalue weighted by Crippen LogP contribution is 2.17. The molecule has 1 atom stereocenters. The average Bonchev–Trinajstić information content (AvgIpc) is 2.05. The molecule has 0 aromatic heterocycles. The maximum Gasteiger partial charge on any atom is 0.115 e. The van der Waals surface area contributed by atoms with E-state index in [-0.39, 0.29) is 6.10 Å². The van der Waals surface area contributed by atoms with Gasteiger partial charge in [0.1, 0.15) is 6.10 Å². The molecule has 0 aliphatic rings. The molecule has 0 fully saturated rings. The van der Waals surface area contributed by atoms with Crippen LogP contribution in [-0.4, -0.2) is 5.26 Å². The summed E-state index contributed by atoms with van der Waals surface area (Å²) in [4.78, 5) is 4.13. The van der Waals surface area contributed by atoms with Crippen molar-refractivity contribution in [2.45, 2.75) is 13.0 Å². The lowest BCUT2D eigenvalue weighted by Crippen LogP contribution is -1.94. The van der Waals surface area contributed by atoms with Crippen molar-refractivity contribution in [3.05, 3.63) is 34.9 Å². The van der Waals surface area contributed by atoms with Gasteiger partial charge >= 0.3 is 0 Å². The molecule has 1 rings (SSSR count). The Morgan fingerprint density at radius 3 is 2.36 bits per heavy atom. The molecule has 11 heavy (non-hydrogen) atoms. The monoisotopic (exact) mass is 172 g/mol. The van der Waals surface area contributed by atoms with Crippen LogP contribution in [-0.2, 0) is 4.89 Å². The zero-order chi connectivity index (χ0) is 8.27. The second-order valence-corrected chi connectivity index (χ2v) is 2.74. The summed E-state index contributed by atoms with van der Waals surface area (Å²) < 4.78 is 0. The zero-order valence-corrected chi connectivity index (χ0v) is 6.88. The number of rotatable bonds is 2. The van der Waals surface area contributed by atoms with Crippen LogP contribution in [0.4, 0.5) is 0 Å². The second kappa shape index (κ2) is 3.72. The first-order chi connectivity index (χ1) is 5.24. The Kier molecular flexibility index (Phi) is 2.88. The smallest absolute Gasteiger partial charge is 0.115 e. The topological polar surface area (TPSA) is 29.5 Å². The van der Waals surface area contributed by atoms with Crippen molar-refractivity contribution in [1.82, 2.24) is 0 Å². The Hall–Kier alpha value is -0.570. The van der Waals surface area contributed by atoms with E-state index in [0.29, 0.717) is 5.02 Å². The molecule has 0 spiro atoms. The minimum atomic E-state index is -0.299. The molecule has 0 amide bonds. The number of halogens is 1. The van der Waals surface area contributed by atoms with E-state index in [0.717, 1.165) is 5.56 Å². The van der Waals surface area contributed by atoms with Crippen LogP contribution in [0.1, 0.15) is 18.6 Å². The normalized spacial score (nSPS) is 13.0. The molecule has 1 aromatic rings. The van der Waals surface area contributed by atoms with Crippen LogP contribution < -0.4 is 0 Å². The van der Waals surface area contributed by atoms with E-state index in [2.05, 4.69) is 4.89 Å². The summed E-state index contributed by atoms with van der Waals surface area (Å²) >= 11 is 5.66. The van der Waals surface area contributed by atoms with Crippen molar-refractivity contribution in [2.24, 2.45) is 0 Å². The van der Waals surface area contributed by atoms with Crippen LogP contribution in [0.2, 0.25) is 5.02 Å². The molecule has 2 nitrogen and oxygen atoms in total. The molecule has 0 heterocycles. The minimum absolute atomic E-state index is 0.299. The van der Waals surface area contributed by atoms with Gasteiger partial charge in [-0.1, -0.05) is 23.7 Å². The van der Waals surface area contributed by atoms with Crippen LogP contribution in [0.25, 0.3) is 0 Å². The summed E-state index contributed by atoms with van der Waals surface area (Å²) in [5.41, 5.74) is 0.900. The van der Waals surface area contributed by atoms with Gasteiger partial charge in [-0.3, -0.25) is 5.26 Å². The highest BCUT2D eigenvalue weighted by Gasteiger charge is 2.03. The van der Waals surface area contributed by atoms with E-state index in [9.17, 15) is 0 Å². The third kappa shape index (κ3) is 2.19. The van der Waals surface area contributed by atoms with Crippen molar-refractivity contribution < 1.29 is 10.1 Å². The third-order valence-electron chi connectivity index (χ3n) is 1.50. The van der Waals surface area contributed by atoms with E-state index in [1.165, 1.54) is 0 Å². The molecule has 0 unspecified atom stereocenters. The molecular formula is C8H9ClO2. The van der Waals surface area contributed by atoms with Gasteiger partial charge in [0.05, 0.1) is 0 Å². The Balaban J connectivity index is 2.81. The molecule has 60 valence electrons. The van der Waals surface area contributed by atoms with Crippen LogP contribution >= 0.6 is 11.6 Å².